The largest absolute Gasteiger partial charge is 0.481 e. The minimum Gasteiger partial charge on any atom is -0.481 e. The number of nitrogens with zero attached hydrogens (tertiary/aromatic N) is 2. The van der Waals surface area contributed by atoms with Crippen molar-refractivity contribution in [2.24, 2.45) is 0 Å². The van der Waals surface area contributed by atoms with Crippen LogP contribution in [0.25, 0.3) is 0 Å². The van der Waals surface area contributed by atoms with Gasteiger partial charge in [-0.2, -0.15) is 0 Å². The standard InChI is InChI=1S/C14H15N3O3S/c1-9-4-2-3-5-10(9)8-21-14-15-13(20)11(16-17-14)6-7-12(18)19/h2-5H,6-8H2,1H3,(H,18,19)(H,15,17,20). The molecule has 2 aromatic rings. The number of rotatable bonds is 6. The first kappa shape index (κ1) is 15.2. The normalized spacial score (nSPS) is 10.5. The SMILES string of the molecule is Cc1ccccc1CSc1nnc(CCC(=O)O)c(=O)[nH]1. The van der Waals surface area contributed by atoms with E-state index in [9.17, 15) is 9.59 Å². The lowest BCUT2D eigenvalue weighted by molar-refractivity contribution is -0.136. The third kappa shape index (κ3) is 4.42. The molecule has 0 fully saturated rings. The van der Waals surface area contributed by atoms with Gasteiger partial charge in [-0.25, -0.2) is 0 Å². The molecule has 0 aliphatic heterocycles. The van der Waals surface area contributed by atoms with E-state index in [0.29, 0.717) is 10.9 Å². The maximum absolute atomic E-state index is 11.8. The Bertz CT molecular complexity index is 700. The van der Waals surface area contributed by atoms with Crippen molar-refractivity contribution < 1.29 is 9.90 Å². The lowest BCUT2D eigenvalue weighted by Gasteiger charge is -2.04. The molecule has 0 spiro atoms. The number of nitrogens with one attached hydrogen (secondary N) is 1. The van der Waals surface area contributed by atoms with E-state index in [0.717, 1.165) is 0 Å². The Labute approximate surface area is 125 Å². The summed E-state index contributed by atoms with van der Waals surface area (Å²) < 4.78 is 0. The number of aromatic nitrogens is 3. The molecule has 0 aliphatic carbocycles. The molecule has 21 heavy (non-hydrogen) atoms. The number of carboxylic acid groups (broad SMARTS) is 1. The molecule has 2 N–H and O–H groups in total. The van der Waals surface area contributed by atoms with Crippen molar-refractivity contribution in [2.45, 2.75) is 30.7 Å². The molecule has 0 saturated carbocycles. The molecule has 0 aliphatic rings. The van der Waals surface area contributed by atoms with Crippen LogP contribution in [0.5, 0.6) is 0 Å². The van der Waals surface area contributed by atoms with Crippen LogP contribution in [0.1, 0.15) is 23.2 Å². The summed E-state index contributed by atoms with van der Waals surface area (Å²) in [6, 6.07) is 7.99. The van der Waals surface area contributed by atoms with E-state index in [4.69, 9.17) is 5.11 Å². The van der Waals surface area contributed by atoms with Gasteiger partial charge in [0.25, 0.3) is 5.56 Å². The fourth-order valence-corrected chi connectivity index (χ4v) is 2.60. The molecule has 0 unspecified atom stereocenters. The molecule has 0 saturated heterocycles. The van der Waals surface area contributed by atoms with Gasteiger partial charge in [0.2, 0.25) is 0 Å². The number of carbonyl (C=O) groups is 1. The lowest BCUT2D eigenvalue weighted by atomic mass is 10.1. The molecule has 0 amide bonds. The van der Waals surface area contributed by atoms with Gasteiger partial charge in [0.15, 0.2) is 5.16 Å². The van der Waals surface area contributed by atoms with Crippen molar-refractivity contribution in [1.29, 1.82) is 0 Å². The van der Waals surface area contributed by atoms with Gasteiger partial charge < -0.3 is 5.11 Å². The number of aryl methyl sites for hydroxylation is 2. The summed E-state index contributed by atoms with van der Waals surface area (Å²) in [5, 5.41) is 16.8. The average Bonchev–Trinajstić information content (AvgIpc) is 2.45. The van der Waals surface area contributed by atoms with Crippen molar-refractivity contribution in [1.82, 2.24) is 15.2 Å². The van der Waals surface area contributed by atoms with Crippen LogP contribution in [0.15, 0.2) is 34.2 Å². The van der Waals surface area contributed by atoms with Crippen molar-refractivity contribution in [3.05, 3.63) is 51.4 Å². The van der Waals surface area contributed by atoms with Crippen LogP contribution in [0.3, 0.4) is 0 Å². The summed E-state index contributed by atoms with van der Waals surface area (Å²) in [4.78, 5) is 24.9. The molecule has 0 atom stereocenters. The van der Waals surface area contributed by atoms with E-state index >= 15 is 0 Å². The highest BCUT2D eigenvalue weighted by atomic mass is 32.2. The summed E-state index contributed by atoms with van der Waals surface area (Å²) >= 11 is 1.39. The number of benzene rings is 1. The number of hydrogen-bond donors (Lipinski definition) is 2. The van der Waals surface area contributed by atoms with E-state index in [-0.39, 0.29) is 24.1 Å². The van der Waals surface area contributed by atoms with Crippen LogP contribution in [-0.4, -0.2) is 26.3 Å². The van der Waals surface area contributed by atoms with Gasteiger partial charge in [0.1, 0.15) is 5.69 Å². The van der Waals surface area contributed by atoms with Gasteiger partial charge in [0, 0.05) is 12.2 Å². The van der Waals surface area contributed by atoms with Crippen LogP contribution in [0.4, 0.5) is 0 Å². The van der Waals surface area contributed by atoms with E-state index < -0.39 is 5.97 Å². The van der Waals surface area contributed by atoms with Gasteiger partial charge in [-0.15, -0.1) is 10.2 Å². The van der Waals surface area contributed by atoms with Gasteiger partial charge in [-0.1, -0.05) is 36.0 Å². The van der Waals surface area contributed by atoms with E-state index in [1.165, 1.54) is 22.9 Å². The quantitative estimate of drug-likeness (QED) is 0.790. The fourth-order valence-electron chi connectivity index (χ4n) is 1.72. The second kappa shape index (κ2) is 7.03. The zero-order chi connectivity index (χ0) is 15.2. The smallest absolute Gasteiger partial charge is 0.303 e. The third-order valence-electron chi connectivity index (χ3n) is 2.95. The number of aromatic amines is 1. The van der Waals surface area contributed by atoms with Gasteiger partial charge in [-0.05, 0) is 18.1 Å². The molecule has 1 aromatic heterocycles. The maximum atomic E-state index is 11.8. The van der Waals surface area contributed by atoms with E-state index in [1.54, 1.807) is 0 Å². The summed E-state index contributed by atoms with van der Waals surface area (Å²) in [5.41, 5.74) is 2.12. The second-order valence-corrected chi connectivity index (χ2v) is 5.48. The molecule has 7 heteroatoms. The number of hydrogen-bond acceptors (Lipinski definition) is 5. The number of aliphatic carboxylic acids is 1. The molecular formula is C14H15N3O3S. The zero-order valence-corrected chi connectivity index (χ0v) is 12.3. The highest BCUT2D eigenvalue weighted by Crippen LogP contribution is 2.19. The number of H-pyrrole nitrogens is 1. The first-order chi connectivity index (χ1) is 10.1. The van der Waals surface area contributed by atoms with E-state index in [1.807, 2.05) is 31.2 Å². The Morgan fingerprint density at radius 1 is 1.33 bits per heavy atom. The molecule has 2 rings (SSSR count). The zero-order valence-electron chi connectivity index (χ0n) is 11.5. The topological polar surface area (TPSA) is 95.9 Å². The first-order valence-electron chi connectivity index (χ1n) is 6.41. The first-order valence-corrected chi connectivity index (χ1v) is 7.40. The van der Waals surface area contributed by atoms with Crippen LogP contribution in [0, 0.1) is 6.92 Å². The van der Waals surface area contributed by atoms with Gasteiger partial charge in [-0.3, -0.25) is 14.6 Å². The summed E-state index contributed by atoms with van der Waals surface area (Å²) in [6.45, 7) is 2.03. The molecule has 110 valence electrons. The van der Waals surface area contributed by atoms with Crippen LogP contribution in [-0.2, 0) is 17.0 Å². The predicted octanol–water partition coefficient (Wildman–Crippen LogP) is 1.78. The fraction of sp³-hybridized carbons (Fsp3) is 0.286. The molecule has 0 radical (unpaired) electrons. The average molecular weight is 305 g/mol. The Morgan fingerprint density at radius 3 is 2.76 bits per heavy atom. The van der Waals surface area contributed by atoms with Gasteiger partial charge in [0.05, 0.1) is 6.42 Å². The van der Waals surface area contributed by atoms with Crippen LogP contribution in [0.2, 0.25) is 0 Å². The number of thioether (sulfide) groups is 1. The highest BCUT2D eigenvalue weighted by Gasteiger charge is 2.08. The minimum atomic E-state index is -0.964. The Balaban J connectivity index is 2.02. The molecule has 0 bridgehead atoms. The third-order valence-corrected chi connectivity index (χ3v) is 3.86. The lowest BCUT2D eigenvalue weighted by Crippen LogP contribution is -2.18. The van der Waals surface area contributed by atoms with Crippen LogP contribution >= 0.6 is 11.8 Å². The predicted molar refractivity (Wildman–Crippen MR) is 79.3 cm³/mol. The summed E-state index contributed by atoms with van der Waals surface area (Å²) in [5.74, 6) is -0.277. The summed E-state index contributed by atoms with van der Waals surface area (Å²) in [6.07, 6.45) is -0.0478. The van der Waals surface area contributed by atoms with Crippen molar-refractivity contribution >= 4 is 17.7 Å². The Morgan fingerprint density at radius 2 is 2.10 bits per heavy atom. The highest BCUT2D eigenvalue weighted by molar-refractivity contribution is 7.98. The molecule has 1 heterocycles. The summed E-state index contributed by atoms with van der Waals surface area (Å²) in [7, 11) is 0. The van der Waals surface area contributed by atoms with Crippen LogP contribution < -0.4 is 5.56 Å². The maximum Gasteiger partial charge on any atom is 0.303 e. The molecule has 1 aromatic carbocycles. The van der Waals surface area contributed by atoms with Crippen molar-refractivity contribution in [2.75, 3.05) is 0 Å². The Hall–Kier alpha value is -2.15. The Kier molecular flexibility index (Phi) is 5.10. The van der Waals surface area contributed by atoms with E-state index in [2.05, 4.69) is 15.2 Å². The minimum absolute atomic E-state index is 0.0837. The molecular weight excluding hydrogens is 290 g/mol. The van der Waals surface area contributed by atoms with Gasteiger partial charge >= 0.3 is 5.97 Å². The monoisotopic (exact) mass is 305 g/mol. The second-order valence-electron chi connectivity index (χ2n) is 4.51. The molecule has 6 nitrogen and oxygen atoms in total. The van der Waals surface area contributed by atoms with Crippen molar-refractivity contribution in [3.8, 4) is 0 Å². The van der Waals surface area contributed by atoms with Crippen molar-refractivity contribution in [3.63, 3.8) is 0 Å². The number of carboxylic acids is 1.